The molecule has 0 amide bonds. The van der Waals surface area contributed by atoms with Gasteiger partial charge in [-0.3, -0.25) is 4.79 Å². The lowest BCUT2D eigenvalue weighted by Gasteiger charge is -2.42. The van der Waals surface area contributed by atoms with E-state index in [1.165, 1.54) is 0 Å². The predicted octanol–water partition coefficient (Wildman–Crippen LogP) is 1.74. The second-order valence-corrected chi connectivity index (χ2v) is 4.27. The first-order valence-electron chi connectivity index (χ1n) is 5.44. The van der Waals surface area contributed by atoms with E-state index in [0.717, 1.165) is 6.42 Å². The zero-order valence-electron chi connectivity index (χ0n) is 9.77. The third kappa shape index (κ3) is 2.32. The molecule has 15 heavy (non-hydrogen) atoms. The minimum Gasteiger partial charge on any atom is -0.481 e. The molecule has 0 saturated carbocycles. The summed E-state index contributed by atoms with van der Waals surface area (Å²) in [5.74, 6) is -1.20. The second-order valence-electron chi connectivity index (χ2n) is 4.27. The zero-order chi connectivity index (χ0) is 11.6. The number of methoxy groups -OCH3 is 1. The van der Waals surface area contributed by atoms with Crippen LogP contribution in [0, 0.1) is 17.8 Å². The number of ether oxygens (including phenoxy) is 2. The quantitative estimate of drug-likeness (QED) is 0.780. The van der Waals surface area contributed by atoms with Crippen LogP contribution in [0.1, 0.15) is 27.2 Å². The fourth-order valence-corrected chi connectivity index (χ4v) is 2.49. The SMILES string of the molecule is CCC1OC(OC)C(C)C(C(=O)O)C1C. The zero-order valence-corrected chi connectivity index (χ0v) is 9.77. The van der Waals surface area contributed by atoms with Crippen molar-refractivity contribution in [3.05, 3.63) is 0 Å². The van der Waals surface area contributed by atoms with Crippen LogP contribution in [0.15, 0.2) is 0 Å². The molecule has 4 nitrogen and oxygen atoms in total. The topological polar surface area (TPSA) is 55.8 Å². The number of carboxylic acid groups (broad SMARTS) is 1. The maximum atomic E-state index is 11.2. The highest BCUT2D eigenvalue weighted by Crippen LogP contribution is 2.36. The van der Waals surface area contributed by atoms with Gasteiger partial charge in [-0.25, -0.2) is 0 Å². The largest absolute Gasteiger partial charge is 0.481 e. The van der Waals surface area contributed by atoms with Crippen LogP contribution in [-0.2, 0) is 14.3 Å². The summed E-state index contributed by atoms with van der Waals surface area (Å²) in [4.78, 5) is 11.2. The van der Waals surface area contributed by atoms with Crippen molar-refractivity contribution in [3.63, 3.8) is 0 Å². The molecule has 0 spiro atoms. The maximum Gasteiger partial charge on any atom is 0.307 e. The lowest BCUT2D eigenvalue weighted by molar-refractivity contribution is -0.242. The Bertz CT molecular complexity index is 213. The second kappa shape index (κ2) is 4.94. The molecule has 88 valence electrons. The number of rotatable bonds is 3. The van der Waals surface area contributed by atoms with Gasteiger partial charge in [0.1, 0.15) is 0 Å². The molecule has 1 aliphatic rings. The Morgan fingerprint density at radius 1 is 1.40 bits per heavy atom. The van der Waals surface area contributed by atoms with Gasteiger partial charge in [-0.15, -0.1) is 0 Å². The van der Waals surface area contributed by atoms with Crippen molar-refractivity contribution in [1.29, 1.82) is 0 Å². The Kier molecular flexibility index (Phi) is 4.11. The predicted molar refractivity (Wildman–Crippen MR) is 55.4 cm³/mol. The van der Waals surface area contributed by atoms with Crippen molar-refractivity contribution < 1.29 is 19.4 Å². The number of aliphatic carboxylic acids is 1. The third-order valence-corrected chi connectivity index (χ3v) is 3.38. The van der Waals surface area contributed by atoms with E-state index in [1.54, 1.807) is 7.11 Å². The smallest absolute Gasteiger partial charge is 0.307 e. The summed E-state index contributed by atoms with van der Waals surface area (Å²) in [5, 5.41) is 9.19. The molecule has 5 unspecified atom stereocenters. The molecule has 0 aromatic heterocycles. The standard InChI is InChI=1S/C11H20O4/c1-5-8-6(2)9(10(12)13)7(3)11(14-4)15-8/h6-9,11H,5H2,1-4H3,(H,12,13). The summed E-state index contributed by atoms with van der Waals surface area (Å²) in [6.07, 6.45) is 0.400. The van der Waals surface area contributed by atoms with Crippen molar-refractivity contribution >= 4 is 5.97 Å². The van der Waals surface area contributed by atoms with Gasteiger partial charge < -0.3 is 14.6 Å². The van der Waals surface area contributed by atoms with Crippen LogP contribution in [0.5, 0.6) is 0 Å². The van der Waals surface area contributed by atoms with Gasteiger partial charge >= 0.3 is 5.97 Å². The number of hydrogen-bond acceptors (Lipinski definition) is 3. The van der Waals surface area contributed by atoms with Crippen LogP contribution < -0.4 is 0 Å². The fraction of sp³-hybridized carbons (Fsp3) is 0.909. The van der Waals surface area contributed by atoms with Gasteiger partial charge in [-0.2, -0.15) is 0 Å². The van der Waals surface area contributed by atoms with E-state index in [0.29, 0.717) is 0 Å². The van der Waals surface area contributed by atoms with Gasteiger partial charge in [-0.1, -0.05) is 20.8 Å². The van der Waals surface area contributed by atoms with E-state index >= 15 is 0 Å². The Hall–Kier alpha value is -0.610. The highest BCUT2D eigenvalue weighted by molar-refractivity contribution is 5.71. The van der Waals surface area contributed by atoms with Gasteiger partial charge in [0.15, 0.2) is 6.29 Å². The van der Waals surface area contributed by atoms with Crippen LogP contribution >= 0.6 is 0 Å². The Balaban J connectivity index is 2.86. The van der Waals surface area contributed by atoms with E-state index in [4.69, 9.17) is 9.47 Å². The summed E-state index contributed by atoms with van der Waals surface area (Å²) < 4.78 is 10.9. The van der Waals surface area contributed by atoms with Gasteiger partial charge in [0.2, 0.25) is 0 Å². The molecule has 4 heteroatoms. The Labute approximate surface area is 90.6 Å². The molecule has 0 aliphatic carbocycles. The van der Waals surface area contributed by atoms with Crippen LogP contribution in [0.2, 0.25) is 0 Å². The van der Waals surface area contributed by atoms with Gasteiger partial charge in [0.25, 0.3) is 0 Å². The van der Waals surface area contributed by atoms with E-state index < -0.39 is 12.3 Å². The lowest BCUT2D eigenvalue weighted by Crippen LogP contribution is -2.49. The van der Waals surface area contributed by atoms with E-state index in [-0.39, 0.29) is 23.9 Å². The van der Waals surface area contributed by atoms with Crippen molar-refractivity contribution in [2.75, 3.05) is 7.11 Å². The van der Waals surface area contributed by atoms with Crippen LogP contribution in [-0.4, -0.2) is 30.6 Å². The number of hydrogen-bond donors (Lipinski definition) is 1. The summed E-state index contributed by atoms with van der Waals surface area (Å²) in [6.45, 7) is 5.81. The summed E-state index contributed by atoms with van der Waals surface area (Å²) in [6, 6.07) is 0. The van der Waals surface area contributed by atoms with E-state index in [2.05, 4.69) is 0 Å². The molecule has 1 rings (SSSR count). The van der Waals surface area contributed by atoms with Crippen LogP contribution in [0.4, 0.5) is 0 Å². The highest BCUT2D eigenvalue weighted by atomic mass is 16.7. The first kappa shape index (κ1) is 12.5. The lowest BCUT2D eigenvalue weighted by atomic mass is 9.77. The van der Waals surface area contributed by atoms with Crippen molar-refractivity contribution in [2.24, 2.45) is 17.8 Å². The summed E-state index contributed by atoms with van der Waals surface area (Å²) >= 11 is 0. The number of carboxylic acids is 1. The Morgan fingerprint density at radius 3 is 2.40 bits per heavy atom. The first-order chi connectivity index (χ1) is 7.02. The normalized spacial score (nSPS) is 41.5. The van der Waals surface area contributed by atoms with Crippen molar-refractivity contribution in [1.82, 2.24) is 0 Å². The minimum absolute atomic E-state index is 0.0211. The van der Waals surface area contributed by atoms with E-state index in [9.17, 15) is 9.90 Å². The van der Waals surface area contributed by atoms with Crippen molar-refractivity contribution in [2.45, 2.75) is 39.6 Å². The third-order valence-electron chi connectivity index (χ3n) is 3.38. The molecule has 1 fully saturated rings. The minimum atomic E-state index is -0.751. The molecule has 0 aromatic carbocycles. The highest BCUT2D eigenvalue weighted by Gasteiger charge is 2.44. The average molecular weight is 216 g/mol. The van der Waals surface area contributed by atoms with E-state index in [1.807, 2.05) is 20.8 Å². The molecular formula is C11H20O4. The molecule has 5 atom stereocenters. The molecule has 1 heterocycles. The molecule has 1 saturated heterocycles. The van der Waals surface area contributed by atoms with Crippen LogP contribution in [0.25, 0.3) is 0 Å². The first-order valence-corrected chi connectivity index (χ1v) is 5.44. The Morgan fingerprint density at radius 2 is 2.00 bits per heavy atom. The maximum absolute atomic E-state index is 11.2. The molecular weight excluding hydrogens is 196 g/mol. The van der Waals surface area contributed by atoms with Gasteiger partial charge in [0, 0.05) is 13.0 Å². The summed E-state index contributed by atoms with van der Waals surface area (Å²) in [7, 11) is 1.56. The van der Waals surface area contributed by atoms with Crippen LogP contribution in [0.3, 0.4) is 0 Å². The molecule has 1 aliphatic heterocycles. The monoisotopic (exact) mass is 216 g/mol. The molecule has 1 N–H and O–H groups in total. The summed E-state index contributed by atoms with van der Waals surface area (Å²) in [5.41, 5.74) is 0. The van der Waals surface area contributed by atoms with Crippen molar-refractivity contribution in [3.8, 4) is 0 Å². The number of carbonyl (C=O) groups is 1. The average Bonchev–Trinajstić information content (AvgIpc) is 2.18. The fourth-order valence-electron chi connectivity index (χ4n) is 2.49. The molecule has 0 aromatic rings. The molecule has 0 radical (unpaired) electrons. The van der Waals surface area contributed by atoms with Gasteiger partial charge in [-0.05, 0) is 12.3 Å². The van der Waals surface area contributed by atoms with Gasteiger partial charge in [0.05, 0.1) is 12.0 Å². The molecule has 0 bridgehead atoms.